The molecule has 0 amide bonds. The van der Waals surface area contributed by atoms with Crippen molar-refractivity contribution in [3.05, 3.63) is 0 Å². The second-order valence-corrected chi connectivity index (χ2v) is 4.17. The fourth-order valence-corrected chi connectivity index (χ4v) is 0.726. The van der Waals surface area contributed by atoms with Crippen LogP contribution in [0.2, 0.25) is 0 Å². The summed E-state index contributed by atoms with van der Waals surface area (Å²) >= 11 is 0. The van der Waals surface area contributed by atoms with Gasteiger partial charge in [-0.25, -0.2) is 9.59 Å². The fraction of sp³-hybridized carbons (Fsp3) is 0.600. The summed E-state index contributed by atoms with van der Waals surface area (Å²) in [6, 6.07) is 0. The maximum atomic E-state index is 11.0. The zero-order valence-electron chi connectivity index (χ0n) is 9.81. The number of carbonyl (C=O) groups excluding carboxylic acids is 3. The van der Waals surface area contributed by atoms with E-state index in [4.69, 9.17) is 5.11 Å². The number of hydrogen-bond donors (Lipinski definition) is 1. The summed E-state index contributed by atoms with van der Waals surface area (Å²) in [6.45, 7) is 4.68. The molecule has 0 aliphatic heterocycles. The van der Waals surface area contributed by atoms with Crippen LogP contribution in [0, 0.1) is 0 Å². The van der Waals surface area contributed by atoms with E-state index in [2.05, 4.69) is 9.47 Å². The molecular formula is C10H14O7. The molecule has 0 aromatic rings. The number of aliphatic carboxylic acids is 1. The van der Waals surface area contributed by atoms with Crippen LogP contribution in [0.4, 0.5) is 4.79 Å². The van der Waals surface area contributed by atoms with E-state index in [9.17, 15) is 19.2 Å². The minimum atomic E-state index is -1.42. The van der Waals surface area contributed by atoms with Crippen LogP contribution in [0.1, 0.15) is 33.6 Å². The Balaban J connectivity index is 4.13. The molecule has 17 heavy (non-hydrogen) atoms. The van der Waals surface area contributed by atoms with Crippen LogP contribution in [0.5, 0.6) is 0 Å². The number of ketones is 1. The average molecular weight is 246 g/mol. The normalized spacial score (nSPS) is 10.5. The average Bonchev–Trinajstić information content (AvgIpc) is 2.10. The van der Waals surface area contributed by atoms with Gasteiger partial charge in [0.25, 0.3) is 0 Å². The van der Waals surface area contributed by atoms with E-state index in [1.165, 1.54) is 0 Å². The predicted molar refractivity (Wildman–Crippen MR) is 54.2 cm³/mol. The summed E-state index contributed by atoms with van der Waals surface area (Å²) in [7, 11) is 0. The molecule has 0 radical (unpaired) electrons. The predicted octanol–water partition coefficient (Wildman–Crippen LogP) is 0.899. The number of ether oxygens (including phenoxy) is 2. The standard InChI is InChI=1S/C10H14O7/c1-10(2,3)17-9(15)16-8(14)6(11)4-5-7(12)13/h4-5H2,1-3H3,(H,12,13). The lowest BCUT2D eigenvalue weighted by Crippen LogP contribution is -2.28. The van der Waals surface area contributed by atoms with E-state index < -0.39 is 42.3 Å². The van der Waals surface area contributed by atoms with Gasteiger partial charge in [-0.15, -0.1) is 0 Å². The molecule has 7 nitrogen and oxygen atoms in total. The highest BCUT2D eigenvalue weighted by molar-refractivity contribution is 6.35. The molecule has 7 heteroatoms. The Kier molecular flexibility index (Phi) is 5.30. The molecule has 1 N–H and O–H groups in total. The number of carboxylic acid groups (broad SMARTS) is 1. The Morgan fingerprint density at radius 3 is 2.00 bits per heavy atom. The Bertz CT molecular complexity index is 337. The van der Waals surface area contributed by atoms with Crippen molar-refractivity contribution in [3.63, 3.8) is 0 Å². The lowest BCUT2D eigenvalue weighted by Gasteiger charge is -2.17. The van der Waals surface area contributed by atoms with Crippen molar-refractivity contribution in [2.45, 2.75) is 39.2 Å². The second-order valence-electron chi connectivity index (χ2n) is 4.17. The fourth-order valence-electron chi connectivity index (χ4n) is 0.726. The number of carboxylic acids is 1. The van der Waals surface area contributed by atoms with Crippen molar-refractivity contribution >= 4 is 23.9 Å². The van der Waals surface area contributed by atoms with Crippen LogP contribution in [0.3, 0.4) is 0 Å². The Morgan fingerprint density at radius 1 is 1.06 bits per heavy atom. The first-order valence-corrected chi connectivity index (χ1v) is 4.81. The summed E-state index contributed by atoms with van der Waals surface area (Å²) in [5.41, 5.74) is -0.846. The lowest BCUT2D eigenvalue weighted by molar-refractivity contribution is -0.152. The van der Waals surface area contributed by atoms with Gasteiger partial charge >= 0.3 is 18.1 Å². The smallest absolute Gasteiger partial charge is 0.481 e. The topological polar surface area (TPSA) is 107 Å². The highest BCUT2D eigenvalue weighted by Crippen LogP contribution is 2.08. The van der Waals surface area contributed by atoms with Crippen LogP contribution in [-0.2, 0) is 23.9 Å². The minimum absolute atomic E-state index is 0.498. The van der Waals surface area contributed by atoms with Gasteiger partial charge < -0.3 is 14.6 Å². The second kappa shape index (κ2) is 5.97. The summed E-state index contributed by atoms with van der Waals surface area (Å²) in [4.78, 5) is 43.1. The third-order valence-electron chi connectivity index (χ3n) is 1.36. The van der Waals surface area contributed by atoms with Crippen LogP contribution in [0.25, 0.3) is 0 Å². The molecule has 0 bridgehead atoms. The highest BCUT2D eigenvalue weighted by Gasteiger charge is 2.24. The summed E-state index contributed by atoms with van der Waals surface area (Å²) < 4.78 is 8.71. The van der Waals surface area contributed by atoms with Crippen molar-refractivity contribution in [2.75, 3.05) is 0 Å². The molecule has 0 fully saturated rings. The van der Waals surface area contributed by atoms with Gasteiger partial charge in [0.1, 0.15) is 5.60 Å². The molecule has 0 aliphatic carbocycles. The van der Waals surface area contributed by atoms with E-state index in [0.29, 0.717) is 0 Å². The van der Waals surface area contributed by atoms with Gasteiger partial charge in [0.2, 0.25) is 5.78 Å². The van der Waals surface area contributed by atoms with Gasteiger partial charge in [-0.2, -0.15) is 0 Å². The summed E-state index contributed by atoms with van der Waals surface area (Å²) in [5.74, 6) is -3.72. The molecule has 0 heterocycles. The van der Waals surface area contributed by atoms with Crippen LogP contribution < -0.4 is 0 Å². The van der Waals surface area contributed by atoms with Gasteiger partial charge in [-0.1, -0.05) is 0 Å². The van der Waals surface area contributed by atoms with Crippen molar-refractivity contribution in [1.29, 1.82) is 0 Å². The quantitative estimate of drug-likeness (QED) is 0.446. The number of rotatable bonds is 4. The van der Waals surface area contributed by atoms with Crippen molar-refractivity contribution in [3.8, 4) is 0 Å². The molecule has 0 atom stereocenters. The van der Waals surface area contributed by atoms with Crippen molar-refractivity contribution in [2.24, 2.45) is 0 Å². The molecule has 0 saturated carbocycles. The molecule has 0 aromatic heterocycles. The van der Waals surface area contributed by atoms with Crippen molar-refractivity contribution in [1.82, 2.24) is 0 Å². The summed E-state index contributed by atoms with van der Waals surface area (Å²) in [5, 5.41) is 8.28. The largest absolute Gasteiger partial charge is 0.517 e. The highest BCUT2D eigenvalue weighted by atomic mass is 16.7. The zero-order valence-corrected chi connectivity index (χ0v) is 9.81. The van der Waals surface area contributed by atoms with E-state index in [1.807, 2.05) is 0 Å². The van der Waals surface area contributed by atoms with E-state index in [-0.39, 0.29) is 0 Å². The number of carbonyl (C=O) groups is 4. The third-order valence-corrected chi connectivity index (χ3v) is 1.36. The first-order valence-electron chi connectivity index (χ1n) is 4.81. The monoisotopic (exact) mass is 246 g/mol. The molecule has 0 spiro atoms. The van der Waals surface area contributed by atoms with Gasteiger partial charge in [0.15, 0.2) is 0 Å². The van der Waals surface area contributed by atoms with E-state index in [1.54, 1.807) is 20.8 Å². The van der Waals surface area contributed by atoms with Gasteiger partial charge in [-0.05, 0) is 20.8 Å². The molecule has 0 unspecified atom stereocenters. The van der Waals surface area contributed by atoms with Gasteiger partial charge in [0, 0.05) is 6.42 Å². The van der Waals surface area contributed by atoms with Gasteiger partial charge in [0.05, 0.1) is 6.42 Å². The van der Waals surface area contributed by atoms with Crippen LogP contribution in [0.15, 0.2) is 0 Å². The molecule has 0 saturated heterocycles. The summed E-state index contributed by atoms with van der Waals surface area (Å²) in [6.07, 6.45) is -2.30. The number of hydrogen-bond acceptors (Lipinski definition) is 6. The van der Waals surface area contributed by atoms with Gasteiger partial charge in [-0.3, -0.25) is 9.59 Å². The first kappa shape index (κ1) is 15.1. The first-order chi connectivity index (χ1) is 7.61. The Hall–Kier alpha value is -1.92. The molecule has 96 valence electrons. The third kappa shape index (κ3) is 7.95. The lowest BCUT2D eigenvalue weighted by atomic mass is 10.2. The molecular weight excluding hydrogens is 232 g/mol. The van der Waals surface area contributed by atoms with Crippen molar-refractivity contribution < 1.29 is 33.8 Å². The molecule has 0 rings (SSSR count). The Labute approximate surface area is 97.7 Å². The SMILES string of the molecule is CC(C)(C)OC(=O)OC(=O)C(=O)CCC(=O)O. The zero-order chi connectivity index (χ0) is 13.6. The number of esters is 1. The maximum absolute atomic E-state index is 11.0. The van der Waals surface area contributed by atoms with E-state index >= 15 is 0 Å². The maximum Gasteiger partial charge on any atom is 0.517 e. The van der Waals surface area contributed by atoms with Crippen LogP contribution in [-0.4, -0.2) is 34.6 Å². The number of Topliss-reactive ketones (excluding diaryl/α,β-unsaturated/α-hetero) is 1. The van der Waals surface area contributed by atoms with Crippen LogP contribution >= 0.6 is 0 Å². The molecule has 0 aliphatic rings. The Morgan fingerprint density at radius 2 is 1.59 bits per heavy atom. The molecule has 0 aromatic carbocycles. The minimum Gasteiger partial charge on any atom is -0.481 e. The van der Waals surface area contributed by atoms with E-state index in [0.717, 1.165) is 0 Å².